The van der Waals surface area contributed by atoms with Crippen LogP contribution in [0, 0.1) is 0 Å². The average molecular weight is 281 g/mol. The molecule has 1 heteroatoms. The Kier molecular flexibility index (Phi) is 4.84. The van der Waals surface area contributed by atoms with Gasteiger partial charge in [-0.3, -0.25) is 0 Å². The molecule has 2 aromatic rings. The predicted molar refractivity (Wildman–Crippen MR) is 92.7 cm³/mol. The van der Waals surface area contributed by atoms with E-state index in [-0.39, 0.29) is 5.41 Å². The summed E-state index contributed by atoms with van der Waals surface area (Å²) in [5.41, 5.74) is 5.57. The quantitative estimate of drug-likeness (QED) is 0.799. The predicted octanol–water partition coefficient (Wildman–Crippen LogP) is 5.32. The van der Waals surface area contributed by atoms with Crippen LogP contribution in [-0.2, 0) is 5.41 Å². The molecule has 0 amide bonds. The molecule has 21 heavy (non-hydrogen) atoms. The molecular weight excluding hydrogens is 254 g/mol. The van der Waals surface area contributed by atoms with Crippen LogP contribution in [0.5, 0.6) is 0 Å². The third-order valence-electron chi connectivity index (χ3n) is 4.00. The Hall–Kier alpha value is -1.60. The number of benzene rings is 2. The van der Waals surface area contributed by atoms with Crippen molar-refractivity contribution in [1.82, 2.24) is 5.32 Å². The first-order valence-corrected chi connectivity index (χ1v) is 7.86. The van der Waals surface area contributed by atoms with Crippen LogP contribution in [0.25, 0.3) is 11.1 Å². The van der Waals surface area contributed by atoms with Gasteiger partial charge in [-0.15, -0.1) is 0 Å². The Morgan fingerprint density at radius 3 is 2.14 bits per heavy atom. The van der Waals surface area contributed by atoms with Crippen molar-refractivity contribution in [2.75, 3.05) is 6.54 Å². The van der Waals surface area contributed by atoms with Crippen LogP contribution in [0.2, 0.25) is 0 Å². The molecule has 1 atom stereocenters. The van der Waals surface area contributed by atoms with E-state index in [1.807, 2.05) is 0 Å². The summed E-state index contributed by atoms with van der Waals surface area (Å²) in [6.07, 6.45) is 0. The van der Waals surface area contributed by atoms with Crippen LogP contribution >= 0.6 is 0 Å². The van der Waals surface area contributed by atoms with Gasteiger partial charge in [-0.2, -0.15) is 0 Å². The molecule has 0 aromatic heterocycles. The highest BCUT2D eigenvalue weighted by molar-refractivity contribution is 5.68. The van der Waals surface area contributed by atoms with E-state index in [0.717, 1.165) is 6.54 Å². The van der Waals surface area contributed by atoms with Crippen LogP contribution < -0.4 is 5.32 Å². The highest BCUT2D eigenvalue weighted by atomic mass is 14.9. The Morgan fingerprint density at radius 2 is 1.57 bits per heavy atom. The van der Waals surface area contributed by atoms with Crippen molar-refractivity contribution in [3.05, 3.63) is 59.7 Å². The van der Waals surface area contributed by atoms with E-state index in [9.17, 15) is 0 Å². The van der Waals surface area contributed by atoms with Crippen molar-refractivity contribution < 1.29 is 0 Å². The van der Waals surface area contributed by atoms with Gasteiger partial charge in [0.05, 0.1) is 0 Å². The molecule has 1 N–H and O–H groups in total. The molecule has 0 saturated carbocycles. The molecule has 1 unspecified atom stereocenters. The molecule has 0 aliphatic carbocycles. The third kappa shape index (κ3) is 3.74. The van der Waals surface area contributed by atoms with Crippen LogP contribution in [0.3, 0.4) is 0 Å². The number of nitrogens with one attached hydrogen (secondary N) is 1. The first-order valence-electron chi connectivity index (χ1n) is 7.86. The molecule has 1 nitrogen and oxygen atoms in total. The zero-order valence-electron chi connectivity index (χ0n) is 13.9. The van der Waals surface area contributed by atoms with E-state index in [1.54, 1.807) is 0 Å². The monoisotopic (exact) mass is 281 g/mol. The second-order valence-electron chi connectivity index (χ2n) is 6.69. The van der Waals surface area contributed by atoms with Crippen LogP contribution in [-0.4, -0.2) is 6.54 Å². The normalized spacial score (nSPS) is 13.2. The Labute approximate surface area is 129 Å². The van der Waals surface area contributed by atoms with Gasteiger partial charge in [-0.25, -0.2) is 0 Å². The minimum absolute atomic E-state index is 0.203. The molecule has 0 bridgehead atoms. The van der Waals surface area contributed by atoms with E-state index in [4.69, 9.17) is 0 Å². The van der Waals surface area contributed by atoms with E-state index in [2.05, 4.69) is 88.5 Å². The van der Waals surface area contributed by atoms with Crippen molar-refractivity contribution in [2.24, 2.45) is 0 Å². The van der Waals surface area contributed by atoms with Gasteiger partial charge in [0.15, 0.2) is 0 Å². The zero-order valence-corrected chi connectivity index (χ0v) is 13.9. The second-order valence-corrected chi connectivity index (χ2v) is 6.69. The first kappa shape index (κ1) is 15.8. The summed E-state index contributed by atoms with van der Waals surface area (Å²) in [6, 6.07) is 18.1. The molecule has 0 aliphatic heterocycles. The summed E-state index contributed by atoms with van der Waals surface area (Å²) in [5.74, 6) is 0. The van der Waals surface area contributed by atoms with Gasteiger partial charge in [-0.1, -0.05) is 76.2 Å². The molecule has 0 radical (unpaired) electrons. The molecule has 2 aromatic carbocycles. The minimum Gasteiger partial charge on any atom is -0.310 e. The highest BCUT2D eigenvalue weighted by Gasteiger charge is 2.14. The fourth-order valence-electron chi connectivity index (χ4n) is 2.70. The summed E-state index contributed by atoms with van der Waals surface area (Å²) in [4.78, 5) is 0. The Morgan fingerprint density at radius 1 is 0.952 bits per heavy atom. The summed E-state index contributed by atoms with van der Waals surface area (Å²) in [5, 5.41) is 3.51. The van der Waals surface area contributed by atoms with E-state index in [1.165, 1.54) is 22.3 Å². The lowest BCUT2D eigenvalue weighted by atomic mass is 9.85. The summed E-state index contributed by atoms with van der Waals surface area (Å²) in [6.45, 7) is 12.1. The van der Waals surface area contributed by atoms with E-state index >= 15 is 0 Å². The van der Waals surface area contributed by atoms with Crippen molar-refractivity contribution in [2.45, 2.75) is 46.1 Å². The standard InChI is InChI=1S/C20H27N/c1-6-21-15(2)18-9-7-8-10-19(18)16-11-13-17(14-12-16)20(3,4)5/h7-15,21H,6H2,1-5H3. The molecule has 0 heterocycles. The fraction of sp³-hybridized carbons (Fsp3) is 0.400. The lowest BCUT2D eigenvalue weighted by Crippen LogP contribution is -2.18. The van der Waals surface area contributed by atoms with Gasteiger partial charge in [-0.05, 0) is 41.1 Å². The second kappa shape index (κ2) is 6.44. The van der Waals surface area contributed by atoms with Crippen molar-refractivity contribution in [1.29, 1.82) is 0 Å². The molecule has 0 fully saturated rings. The van der Waals surface area contributed by atoms with Gasteiger partial charge in [0.25, 0.3) is 0 Å². The lowest BCUT2D eigenvalue weighted by molar-refractivity contribution is 0.590. The largest absolute Gasteiger partial charge is 0.310 e. The average Bonchev–Trinajstić information content (AvgIpc) is 2.47. The smallest absolute Gasteiger partial charge is 0.0297 e. The Bertz CT molecular complexity index is 576. The lowest BCUT2D eigenvalue weighted by Gasteiger charge is -2.20. The number of hydrogen-bond donors (Lipinski definition) is 1. The van der Waals surface area contributed by atoms with Crippen molar-refractivity contribution in [3.63, 3.8) is 0 Å². The molecule has 0 spiro atoms. The van der Waals surface area contributed by atoms with Crippen LogP contribution in [0.15, 0.2) is 48.5 Å². The van der Waals surface area contributed by atoms with Gasteiger partial charge >= 0.3 is 0 Å². The molecule has 0 aliphatic rings. The van der Waals surface area contributed by atoms with Gasteiger partial charge in [0.1, 0.15) is 0 Å². The van der Waals surface area contributed by atoms with Gasteiger partial charge in [0, 0.05) is 6.04 Å². The highest BCUT2D eigenvalue weighted by Crippen LogP contribution is 2.30. The molecule has 112 valence electrons. The van der Waals surface area contributed by atoms with Crippen molar-refractivity contribution in [3.8, 4) is 11.1 Å². The molecular formula is C20H27N. The van der Waals surface area contributed by atoms with Gasteiger partial charge < -0.3 is 5.32 Å². The Balaban J connectivity index is 2.38. The molecule has 0 saturated heterocycles. The third-order valence-corrected chi connectivity index (χ3v) is 4.00. The summed E-state index contributed by atoms with van der Waals surface area (Å²) < 4.78 is 0. The summed E-state index contributed by atoms with van der Waals surface area (Å²) in [7, 11) is 0. The van der Waals surface area contributed by atoms with Crippen LogP contribution in [0.1, 0.15) is 51.8 Å². The maximum Gasteiger partial charge on any atom is 0.0297 e. The van der Waals surface area contributed by atoms with E-state index in [0.29, 0.717) is 6.04 Å². The van der Waals surface area contributed by atoms with Crippen molar-refractivity contribution >= 4 is 0 Å². The fourth-order valence-corrected chi connectivity index (χ4v) is 2.70. The maximum atomic E-state index is 3.51. The number of rotatable bonds is 4. The van der Waals surface area contributed by atoms with Crippen LogP contribution in [0.4, 0.5) is 0 Å². The minimum atomic E-state index is 0.203. The topological polar surface area (TPSA) is 12.0 Å². The SMILES string of the molecule is CCNC(C)c1ccccc1-c1ccc(C(C)(C)C)cc1. The summed E-state index contributed by atoms with van der Waals surface area (Å²) >= 11 is 0. The first-order chi connectivity index (χ1) is 9.93. The maximum absolute atomic E-state index is 3.51. The molecule has 2 rings (SSSR count). The van der Waals surface area contributed by atoms with Gasteiger partial charge in [0.2, 0.25) is 0 Å². The van der Waals surface area contributed by atoms with E-state index < -0.39 is 0 Å². The number of hydrogen-bond acceptors (Lipinski definition) is 1. The zero-order chi connectivity index (χ0) is 15.5.